The van der Waals surface area contributed by atoms with E-state index in [9.17, 15) is 9.59 Å². The molecule has 2 amide bonds. The van der Waals surface area contributed by atoms with E-state index in [0.717, 1.165) is 45.3 Å². The number of benzene rings is 1. The van der Waals surface area contributed by atoms with E-state index in [-0.39, 0.29) is 17.9 Å². The van der Waals surface area contributed by atoms with Gasteiger partial charge in [0.15, 0.2) is 0 Å². The standard InChI is InChI=1S/C29H41N3O2S/c1-2-3-4-5-6-10-14-27(33)30-17-11-18-31(21-20-30)28(34)23-32-19-15-26-25(16-22-35-26)29(32)24-12-8-7-9-13-24/h7-9,12-13,16,22,29H,2-6,10-11,14-15,17-21,23H2,1H3/t29-/m1/s1. The van der Waals surface area contributed by atoms with Gasteiger partial charge in [-0.05, 0) is 41.8 Å². The fourth-order valence-electron chi connectivity index (χ4n) is 5.47. The van der Waals surface area contributed by atoms with Gasteiger partial charge < -0.3 is 9.80 Å². The number of thiophene rings is 1. The lowest BCUT2D eigenvalue weighted by molar-refractivity contribution is -0.134. The number of unbranched alkanes of at least 4 members (excludes halogenated alkanes) is 5. The van der Waals surface area contributed by atoms with E-state index >= 15 is 0 Å². The Balaban J connectivity index is 1.30. The SMILES string of the molecule is CCCCCCCCC(=O)N1CCCN(C(=O)CN2CCc3sccc3[C@H]2c2ccccc2)CC1. The van der Waals surface area contributed by atoms with Crippen LogP contribution in [0, 0.1) is 0 Å². The Morgan fingerprint density at radius 2 is 1.57 bits per heavy atom. The molecule has 2 aliphatic rings. The molecule has 0 radical (unpaired) electrons. The number of amides is 2. The van der Waals surface area contributed by atoms with Crippen molar-refractivity contribution in [1.29, 1.82) is 0 Å². The Kier molecular flexibility index (Phi) is 9.78. The van der Waals surface area contributed by atoms with Crippen molar-refractivity contribution in [3.05, 3.63) is 57.8 Å². The van der Waals surface area contributed by atoms with Gasteiger partial charge in [0, 0.05) is 44.0 Å². The van der Waals surface area contributed by atoms with Gasteiger partial charge in [0.1, 0.15) is 0 Å². The molecule has 190 valence electrons. The highest BCUT2D eigenvalue weighted by Crippen LogP contribution is 2.37. The summed E-state index contributed by atoms with van der Waals surface area (Å²) in [7, 11) is 0. The molecule has 0 bridgehead atoms. The Morgan fingerprint density at radius 1 is 0.857 bits per heavy atom. The first-order valence-electron chi connectivity index (χ1n) is 13.6. The predicted molar refractivity (Wildman–Crippen MR) is 144 cm³/mol. The molecule has 2 aliphatic heterocycles. The minimum absolute atomic E-state index is 0.137. The molecule has 0 saturated carbocycles. The number of nitrogens with zero attached hydrogens (tertiary/aromatic N) is 3. The van der Waals surface area contributed by atoms with Crippen LogP contribution in [-0.4, -0.2) is 65.8 Å². The molecule has 1 aromatic heterocycles. The molecule has 1 saturated heterocycles. The quantitative estimate of drug-likeness (QED) is 0.409. The van der Waals surface area contributed by atoms with Crippen molar-refractivity contribution < 1.29 is 9.59 Å². The Labute approximate surface area is 215 Å². The minimum Gasteiger partial charge on any atom is -0.341 e. The van der Waals surface area contributed by atoms with Gasteiger partial charge in [0.05, 0.1) is 12.6 Å². The van der Waals surface area contributed by atoms with Gasteiger partial charge in [-0.2, -0.15) is 0 Å². The van der Waals surface area contributed by atoms with Gasteiger partial charge in [-0.1, -0.05) is 69.4 Å². The zero-order valence-electron chi connectivity index (χ0n) is 21.3. The molecule has 0 spiro atoms. The molecule has 6 heteroatoms. The van der Waals surface area contributed by atoms with Crippen molar-refractivity contribution in [2.75, 3.05) is 39.3 Å². The third-order valence-corrected chi connectivity index (χ3v) is 8.46. The molecule has 4 rings (SSSR count). The highest BCUT2D eigenvalue weighted by Gasteiger charge is 2.32. The van der Waals surface area contributed by atoms with Gasteiger partial charge in [0.25, 0.3) is 0 Å². The normalized spacial score (nSPS) is 18.8. The van der Waals surface area contributed by atoms with Gasteiger partial charge in [-0.15, -0.1) is 11.3 Å². The molecule has 5 nitrogen and oxygen atoms in total. The maximum absolute atomic E-state index is 13.4. The lowest BCUT2D eigenvalue weighted by Crippen LogP contribution is -2.45. The van der Waals surface area contributed by atoms with Crippen LogP contribution in [0.5, 0.6) is 0 Å². The molecule has 2 aromatic rings. The summed E-state index contributed by atoms with van der Waals surface area (Å²) in [5, 5.41) is 2.18. The summed E-state index contributed by atoms with van der Waals surface area (Å²) >= 11 is 1.83. The van der Waals surface area contributed by atoms with Gasteiger partial charge in [-0.3, -0.25) is 14.5 Å². The topological polar surface area (TPSA) is 43.9 Å². The van der Waals surface area contributed by atoms with Crippen LogP contribution < -0.4 is 0 Å². The van der Waals surface area contributed by atoms with Gasteiger partial charge in [0.2, 0.25) is 11.8 Å². The Bertz CT molecular complexity index is 944. The molecule has 1 atom stereocenters. The average Bonchev–Trinajstić information content (AvgIpc) is 3.21. The lowest BCUT2D eigenvalue weighted by Gasteiger charge is -2.37. The third-order valence-electron chi connectivity index (χ3n) is 7.46. The summed E-state index contributed by atoms with van der Waals surface area (Å²) in [6, 6.07) is 12.9. The van der Waals surface area contributed by atoms with E-state index in [1.165, 1.54) is 41.7 Å². The highest BCUT2D eigenvalue weighted by atomic mass is 32.1. The summed E-state index contributed by atoms with van der Waals surface area (Å²) in [4.78, 5) is 33.9. The van der Waals surface area contributed by atoms with Crippen LogP contribution >= 0.6 is 11.3 Å². The molecule has 0 aliphatic carbocycles. The number of hydrogen-bond donors (Lipinski definition) is 0. The monoisotopic (exact) mass is 495 g/mol. The average molecular weight is 496 g/mol. The van der Waals surface area contributed by atoms with Crippen LogP contribution in [0.1, 0.15) is 80.3 Å². The van der Waals surface area contributed by atoms with Crippen molar-refractivity contribution in [1.82, 2.24) is 14.7 Å². The van der Waals surface area contributed by atoms with Crippen LogP contribution in [0.2, 0.25) is 0 Å². The van der Waals surface area contributed by atoms with Crippen molar-refractivity contribution in [3.63, 3.8) is 0 Å². The second-order valence-electron chi connectivity index (χ2n) is 9.97. The molecule has 1 aromatic carbocycles. The van der Waals surface area contributed by atoms with Crippen molar-refractivity contribution in [2.24, 2.45) is 0 Å². The zero-order valence-corrected chi connectivity index (χ0v) is 22.1. The van der Waals surface area contributed by atoms with Crippen LogP contribution in [-0.2, 0) is 16.0 Å². The molecular formula is C29H41N3O2S. The first-order valence-corrected chi connectivity index (χ1v) is 14.5. The van der Waals surface area contributed by atoms with Crippen LogP contribution in [0.15, 0.2) is 41.8 Å². The molecule has 1 fully saturated rings. The smallest absolute Gasteiger partial charge is 0.236 e. The van der Waals surface area contributed by atoms with E-state index in [4.69, 9.17) is 0 Å². The van der Waals surface area contributed by atoms with E-state index in [1.54, 1.807) is 0 Å². The second-order valence-corrected chi connectivity index (χ2v) is 11.0. The fraction of sp³-hybridized carbons (Fsp3) is 0.586. The lowest BCUT2D eigenvalue weighted by atomic mass is 9.93. The minimum atomic E-state index is 0.137. The molecule has 35 heavy (non-hydrogen) atoms. The van der Waals surface area contributed by atoms with E-state index < -0.39 is 0 Å². The highest BCUT2D eigenvalue weighted by molar-refractivity contribution is 7.10. The van der Waals surface area contributed by atoms with Crippen LogP contribution in [0.4, 0.5) is 0 Å². The van der Waals surface area contributed by atoms with Crippen molar-refractivity contribution >= 4 is 23.2 Å². The molecule has 0 unspecified atom stereocenters. The van der Waals surface area contributed by atoms with Gasteiger partial charge in [-0.25, -0.2) is 0 Å². The van der Waals surface area contributed by atoms with Crippen LogP contribution in [0.25, 0.3) is 0 Å². The van der Waals surface area contributed by atoms with Gasteiger partial charge >= 0.3 is 0 Å². The fourth-order valence-corrected chi connectivity index (χ4v) is 6.37. The molecular weight excluding hydrogens is 454 g/mol. The summed E-state index contributed by atoms with van der Waals surface area (Å²) in [5.74, 6) is 0.454. The van der Waals surface area contributed by atoms with E-state index in [0.29, 0.717) is 26.1 Å². The van der Waals surface area contributed by atoms with Crippen molar-refractivity contribution in [2.45, 2.75) is 70.8 Å². The number of carbonyl (C=O) groups excluding carboxylic acids is 2. The van der Waals surface area contributed by atoms with Crippen molar-refractivity contribution in [3.8, 4) is 0 Å². The predicted octanol–water partition coefficient (Wildman–Crippen LogP) is 5.51. The molecule has 3 heterocycles. The third kappa shape index (κ3) is 6.95. The first-order chi connectivity index (χ1) is 17.2. The largest absolute Gasteiger partial charge is 0.341 e. The maximum Gasteiger partial charge on any atom is 0.236 e. The number of hydrogen-bond acceptors (Lipinski definition) is 4. The first kappa shape index (κ1) is 25.9. The summed E-state index contributed by atoms with van der Waals surface area (Å²) < 4.78 is 0. The number of fused-ring (bicyclic) bond motifs is 1. The number of rotatable bonds is 10. The van der Waals surface area contributed by atoms with E-state index in [1.807, 2.05) is 27.2 Å². The number of carbonyl (C=O) groups is 2. The Morgan fingerprint density at radius 3 is 2.34 bits per heavy atom. The summed E-state index contributed by atoms with van der Waals surface area (Å²) in [5.41, 5.74) is 2.60. The van der Waals surface area contributed by atoms with Crippen LogP contribution in [0.3, 0.4) is 0 Å². The maximum atomic E-state index is 13.4. The summed E-state index contributed by atoms with van der Waals surface area (Å²) in [6.07, 6.45) is 9.71. The zero-order chi connectivity index (χ0) is 24.5. The Hall–Kier alpha value is -2.18. The summed E-state index contributed by atoms with van der Waals surface area (Å²) in [6.45, 7) is 6.38. The second kappa shape index (κ2) is 13.2. The van der Waals surface area contributed by atoms with E-state index in [2.05, 4.69) is 47.5 Å². The molecule has 0 N–H and O–H groups in total.